The number of hydrogen-bond acceptors (Lipinski definition) is 4. The number of benzene rings is 3. The van der Waals surface area contributed by atoms with Crippen LogP contribution in [0.1, 0.15) is 13.3 Å². The van der Waals surface area contributed by atoms with Crippen molar-refractivity contribution in [3.8, 4) is 0 Å². The highest BCUT2D eigenvalue weighted by molar-refractivity contribution is 8.00. The SMILES string of the molecule is CC[C@H](Sc1ccc(Cl)cc1)C(=O)Nc1ccc(S(=O)(=O)Nc2ccc(Cl)cc2)cc1. The van der Waals surface area contributed by atoms with Gasteiger partial charge in [-0.2, -0.15) is 0 Å². The van der Waals surface area contributed by atoms with Crippen molar-refractivity contribution in [2.45, 2.75) is 28.4 Å². The number of amides is 1. The molecule has 3 aromatic rings. The molecule has 0 spiro atoms. The van der Waals surface area contributed by atoms with Crippen molar-refractivity contribution in [2.24, 2.45) is 0 Å². The number of anilines is 2. The van der Waals surface area contributed by atoms with Crippen molar-refractivity contribution in [3.63, 3.8) is 0 Å². The van der Waals surface area contributed by atoms with Crippen LogP contribution in [0.2, 0.25) is 10.0 Å². The number of thioether (sulfide) groups is 1. The number of carbonyl (C=O) groups is 1. The fourth-order valence-electron chi connectivity index (χ4n) is 2.67. The lowest BCUT2D eigenvalue weighted by Crippen LogP contribution is -2.24. The van der Waals surface area contributed by atoms with Gasteiger partial charge in [0.25, 0.3) is 10.0 Å². The summed E-state index contributed by atoms with van der Waals surface area (Å²) >= 11 is 13.2. The molecule has 5 nitrogen and oxygen atoms in total. The van der Waals surface area contributed by atoms with Gasteiger partial charge >= 0.3 is 0 Å². The van der Waals surface area contributed by atoms with E-state index in [1.54, 1.807) is 48.5 Å². The summed E-state index contributed by atoms with van der Waals surface area (Å²) in [4.78, 5) is 13.7. The largest absolute Gasteiger partial charge is 0.325 e. The summed E-state index contributed by atoms with van der Waals surface area (Å²) in [6, 6.07) is 19.7. The average Bonchev–Trinajstić information content (AvgIpc) is 2.75. The Balaban J connectivity index is 1.65. The minimum atomic E-state index is -3.76. The molecule has 9 heteroatoms. The van der Waals surface area contributed by atoms with Crippen LogP contribution in [0, 0.1) is 0 Å². The van der Waals surface area contributed by atoms with Crippen LogP contribution in [-0.4, -0.2) is 19.6 Å². The van der Waals surface area contributed by atoms with Crippen molar-refractivity contribution < 1.29 is 13.2 Å². The van der Waals surface area contributed by atoms with E-state index in [9.17, 15) is 13.2 Å². The van der Waals surface area contributed by atoms with Gasteiger partial charge in [0.2, 0.25) is 5.91 Å². The second-order valence-electron chi connectivity index (χ2n) is 6.59. The third-order valence-electron chi connectivity index (χ3n) is 4.28. The van der Waals surface area contributed by atoms with Crippen LogP contribution in [0.25, 0.3) is 0 Å². The van der Waals surface area contributed by atoms with Gasteiger partial charge in [-0.15, -0.1) is 11.8 Å². The first-order chi connectivity index (χ1) is 14.8. The van der Waals surface area contributed by atoms with Crippen LogP contribution >= 0.6 is 35.0 Å². The Morgan fingerprint density at radius 2 is 1.39 bits per heavy atom. The first-order valence-electron chi connectivity index (χ1n) is 9.38. The van der Waals surface area contributed by atoms with E-state index in [0.29, 0.717) is 27.8 Å². The second kappa shape index (κ2) is 10.4. The third-order valence-corrected chi connectivity index (χ3v) is 7.56. The van der Waals surface area contributed by atoms with Gasteiger partial charge < -0.3 is 5.32 Å². The molecule has 1 amide bonds. The molecule has 0 saturated heterocycles. The molecular formula is C22H20Cl2N2O3S2. The van der Waals surface area contributed by atoms with Gasteiger partial charge in [-0.05, 0) is 79.2 Å². The Morgan fingerprint density at radius 3 is 1.94 bits per heavy atom. The molecule has 0 radical (unpaired) electrons. The van der Waals surface area contributed by atoms with Gasteiger partial charge in [-0.1, -0.05) is 30.1 Å². The van der Waals surface area contributed by atoms with Crippen LogP contribution < -0.4 is 10.0 Å². The second-order valence-corrected chi connectivity index (χ2v) is 10.4. The molecule has 162 valence electrons. The number of nitrogens with one attached hydrogen (secondary N) is 2. The standard InChI is InChI=1S/C22H20Cl2N2O3S2/c1-2-21(30-19-11-5-16(24)6-12-19)22(27)25-17-9-13-20(14-10-17)31(28,29)26-18-7-3-15(23)4-8-18/h3-14,21,26H,2H2,1H3,(H,25,27)/t21-/m0/s1. The molecule has 0 aliphatic carbocycles. The molecule has 2 N–H and O–H groups in total. The summed E-state index contributed by atoms with van der Waals surface area (Å²) in [5.41, 5.74) is 0.928. The molecule has 0 fully saturated rings. The zero-order valence-corrected chi connectivity index (χ0v) is 19.7. The Kier molecular flexibility index (Phi) is 7.89. The highest BCUT2D eigenvalue weighted by Crippen LogP contribution is 2.28. The van der Waals surface area contributed by atoms with E-state index in [0.717, 1.165) is 4.90 Å². The van der Waals surface area contributed by atoms with Gasteiger partial charge in [0.15, 0.2) is 0 Å². The van der Waals surface area contributed by atoms with E-state index in [4.69, 9.17) is 23.2 Å². The maximum Gasteiger partial charge on any atom is 0.261 e. The molecule has 0 aliphatic rings. The summed E-state index contributed by atoms with van der Waals surface area (Å²) in [5, 5.41) is 3.71. The zero-order chi connectivity index (χ0) is 22.4. The zero-order valence-electron chi connectivity index (χ0n) is 16.5. The van der Waals surface area contributed by atoms with Crippen LogP contribution in [0.4, 0.5) is 11.4 Å². The molecule has 3 aromatic carbocycles. The summed E-state index contributed by atoms with van der Waals surface area (Å²) in [7, 11) is -3.76. The van der Waals surface area contributed by atoms with Gasteiger partial charge in [-0.25, -0.2) is 8.42 Å². The first-order valence-corrected chi connectivity index (χ1v) is 12.5. The lowest BCUT2D eigenvalue weighted by Gasteiger charge is -2.15. The smallest absolute Gasteiger partial charge is 0.261 e. The van der Waals surface area contributed by atoms with E-state index in [1.165, 1.54) is 23.9 Å². The number of hydrogen-bond donors (Lipinski definition) is 2. The van der Waals surface area contributed by atoms with Crippen molar-refractivity contribution in [3.05, 3.63) is 82.8 Å². The quantitative estimate of drug-likeness (QED) is 0.360. The van der Waals surface area contributed by atoms with Gasteiger partial charge in [0.1, 0.15) is 0 Å². The van der Waals surface area contributed by atoms with Crippen LogP contribution in [0.5, 0.6) is 0 Å². The summed E-state index contributed by atoms with van der Waals surface area (Å²) in [5.74, 6) is -0.155. The highest BCUT2D eigenvalue weighted by atomic mass is 35.5. The van der Waals surface area contributed by atoms with E-state index in [-0.39, 0.29) is 16.1 Å². The number of carbonyl (C=O) groups excluding carboxylic acids is 1. The number of rotatable bonds is 8. The lowest BCUT2D eigenvalue weighted by atomic mass is 10.3. The van der Waals surface area contributed by atoms with Crippen molar-refractivity contribution in [2.75, 3.05) is 10.0 Å². The third kappa shape index (κ3) is 6.64. The maximum absolute atomic E-state index is 12.7. The van der Waals surface area contributed by atoms with E-state index in [1.807, 2.05) is 19.1 Å². The number of halogens is 2. The molecule has 1 atom stereocenters. The van der Waals surface area contributed by atoms with Crippen molar-refractivity contribution in [1.82, 2.24) is 0 Å². The Hall–Kier alpha value is -2.19. The predicted octanol–water partition coefficient (Wildman–Crippen LogP) is 6.30. The fourth-order valence-corrected chi connectivity index (χ4v) is 4.94. The molecule has 0 saturated carbocycles. The minimum Gasteiger partial charge on any atom is -0.325 e. The van der Waals surface area contributed by atoms with Gasteiger partial charge in [-0.3, -0.25) is 9.52 Å². The van der Waals surface area contributed by atoms with Gasteiger partial charge in [0.05, 0.1) is 10.1 Å². The molecule has 31 heavy (non-hydrogen) atoms. The minimum absolute atomic E-state index is 0.0861. The monoisotopic (exact) mass is 494 g/mol. The fraction of sp³-hybridized carbons (Fsp3) is 0.136. The molecule has 0 bridgehead atoms. The Morgan fingerprint density at radius 1 is 0.871 bits per heavy atom. The Labute approximate surface area is 196 Å². The van der Waals surface area contributed by atoms with Crippen LogP contribution in [0.3, 0.4) is 0 Å². The summed E-state index contributed by atoms with van der Waals surface area (Å²) in [6.45, 7) is 1.94. The number of sulfonamides is 1. The molecular weight excluding hydrogens is 475 g/mol. The van der Waals surface area contributed by atoms with E-state index in [2.05, 4.69) is 10.0 Å². The van der Waals surface area contributed by atoms with Crippen LogP contribution in [0.15, 0.2) is 82.6 Å². The normalized spacial score (nSPS) is 12.2. The van der Waals surface area contributed by atoms with Crippen molar-refractivity contribution >= 4 is 62.3 Å². The molecule has 0 heterocycles. The average molecular weight is 495 g/mol. The summed E-state index contributed by atoms with van der Waals surface area (Å²) in [6.07, 6.45) is 0.636. The highest BCUT2D eigenvalue weighted by Gasteiger charge is 2.19. The Bertz CT molecular complexity index is 1130. The van der Waals surface area contributed by atoms with Crippen molar-refractivity contribution in [1.29, 1.82) is 0 Å². The van der Waals surface area contributed by atoms with E-state index < -0.39 is 10.0 Å². The van der Waals surface area contributed by atoms with E-state index >= 15 is 0 Å². The summed E-state index contributed by atoms with van der Waals surface area (Å²) < 4.78 is 27.6. The van der Waals surface area contributed by atoms with Crippen LogP contribution in [-0.2, 0) is 14.8 Å². The molecule has 0 unspecified atom stereocenters. The topological polar surface area (TPSA) is 75.3 Å². The molecule has 3 rings (SSSR count). The molecule has 0 aliphatic heterocycles. The lowest BCUT2D eigenvalue weighted by molar-refractivity contribution is -0.115. The maximum atomic E-state index is 12.7. The predicted molar refractivity (Wildman–Crippen MR) is 129 cm³/mol. The van der Waals surface area contributed by atoms with Gasteiger partial charge in [0, 0.05) is 26.3 Å². The molecule has 0 aromatic heterocycles. The first kappa shape index (κ1) is 23.5.